The van der Waals surface area contributed by atoms with Crippen LogP contribution in [0, 0.1) is 0 Å². The van der Waals surface area contributed by atoms with Gasteiger partial charge < -0.3 is 20.4 Å². The van der Waals surface area contributed by atoms with Gasteiger partial charge in [0, 0.05) is 24.8 Å². The number of para-hydroxylation sites is 1. The second kappa shape index (κ2) is 5.69. The molecule has 1 saturated heterocycles. The number of aliphatic hydroxyl groups is 2. The summed E-state index contributed by atoms with van der Waals surface area (Å²) in [6.07, 6.45) is -0.285. The van der Waals surface area contributed by atoms with Gasteiger partial charge in [0.1, 0.15) is 0 Å². The van der Waals surface area contributed by atoms with Crippen molar-refractivity contribution in [1.82, 2.24) is 5.32 Å². The topological polar surface area (TPSA) is 55.7 Å². The molecule has 0 radical (unpaired) electrons. The Morgan fingerprint density at radius 3 is 2.44 bits per heavy atom. The molecule has 0 amide bonds. The maximum atomic E-state index is 9.67. The van der Waals surface area contributed by atoms with Gasteiger partial charge in [0.25, 0.3) is 0 Å². The second-order valence-corrected chi connectivity index (χ2v) is 4.85. The van der Waals surface area contributed by atoms with Crippen LogP contribution < -0.4 is 10.2 Å². The van der Waals surface area contributed by atoms with Crippen molar-refractivity contribution in [3.63, 3.8) is 0 Å². The van der Waals surface area contributed by atoms with Gasteiger partial charge in [-0.1, -0.05) is 25.1 Å². The SMILES string of the molecule is CCC(NC)c1ccccc1N1CC(O)C(O)C1. The summed E-state index contributed by atoms with van der Waals surface area (Å²) in [5.41, 5.74) is 2.33. The van der Waals surface area contributed by atoms with E-state index in [1.807, 2.05) is 19.2 Å². The van der Waals surface area contributed by atoms with Gasteiger partial charge in [0.15, 0.2) is 0 Å². The molecule has 1 aromatic rings. The predicted molar refractivity (Wildman–Crippen MR) is 72.8 cm³/mol. The standard InChI is InChI=1S/C14H22N2O2/c1-3-11(15-2)10-6-4-5-7-12(10)16-8-13(17)14(18)9-16/h4-7,11,13-15,17-18H,3,8-9H2,1-2H3. The van der Waals surface area contributed by atoms with Crippen molar-refractivity contribution in [2.75, 3.05) is 25.0 Å². The first kappa shape index (κ1) is 13.3. The molecule has 2 rings (SSSR count). The Hall–Kier alpha value is -1.10. The van der Waals surface area contributed by atoms with Crippen LogP contribution in [0.3, 0.4) is 0 Å². The fourth-order valence-electron chi connectivity index (χ4n) is 2.62. The van der Waals surface area contributed by atoms with Crippen LogP contribution in [-0.4, -0.2) is 42.6 Å². The van der Waals surface area contributed by atoms with Crippen LogP contribution in [0.1, 0.15) is 24.9 Å². The molecule has 0 saturated carbocycles. The lowest BCUT2D eigenvalue weighted by Crippen LogP contribution is -2.25. The Labute approximate surface area is 108 Å². The largest absolute Gasteiger partial charge is 0.389 e. The number of benzene rings is 1. The van der Waals surface area contributed by atoms with Gasteiger partial charge in [-0.25, -0.2) is 0 Å². The number of aliphatic hydroxyl groups excluding tert-OH is 2. The highest BCUT2D eigenvalue weighted by Gasteiger charge is 2.31. The van der Waals surface area contributed by atoms with Crippen LogP contribution in [0.5, 0.6) is 0 Å². The van der Waals surface area contributed by atoms with E-state index >= 15 is 0 Å². The van der Waals surface area contributed by atoms with E-state index in [1.54, 1.807) is 0 Å². The minimum atomic E-state index is -0.646. The van der Waals surface area contributed by atoms with E-state index in [-0.39, 0.29) is 0 Å². The van der Waals surface area contributed by atoms with Gasteiger partial charge in [-0.3, -0.25) is 0 Å². The lowest BCUT2D eigenvalue weighted by atomic mass is 10.0. The molecular weight excluding hydrogens is 228 g/mol. The van der Waals surface area contributed by atoms with Crippen molar-refractivity contribution in [3.8, 4) is 0 Å². The molecule has 1 aliphatic rings. The molecule has 0 spiro atoms. The van der Waals surface area contributed by atoms with Crippen molar-refractivity contribution in [2.24, 2.45) is 0 Å². The molecule has 100 valence electrons. The van der Waals surface area contributed by atoms with Crippen LogP contribution in [-0.2, 0) is 0 Å². The number of nitrogens with zero attached hydrogens (tertiary/aromatic N) is 1. The van der Waals surface area contributed by atoms with Crippen LogP contribution >= 0.6 is 0 Å². The highest BCUT2D eigenvalue weighted by molar-refractivity contribution is 5.56. The van der Waals surface area contributed by atoms with Gasteiger partial charge >= 0.3 is 0 Å². The minimum absolute atomic E-state index is 0.302. The van der Waals surface area contributed by atoms with E-state index in [4.69, 9.17) is 0 Å². The Bertz CT molecular complexity index is 383. The van der Waals surface area contributed by atoms with E-state index < -0.39 is 12.2 Å². The van der Waals surface area contributed by atoms with E-state index in [1.165, 1.54) is 5.56 Å². The Kier molecular flexibility index (Phi) is 4.22. The first-order valence-electron chi connectivity index (χ1n) is 6.54. The molecule has 0 aromatic heterocycles. The van der Waals surface area contributed by atoms with Gasteiger partial charge in [-0.2, -0.15) is 0 Å². The zero-order valence-electron chi connectivity index (χ0n) is 11.0. The summed E-state index contributed by atoms with van der Waals surface area (Å²) in [4.78, 5) is 2.06. The third-order valence-corrected chi connectivity index (χ3v) is 3.67. The smallest absolute Gasteiger partial charge is 0.0990 e. The predicted octanol–water partition coefficient (Wildman–Crippen LogP) is 0.899. The molecule has 1 aliphatic heterocycles. The number of rotatable bonds is 4. The summed E-state index contributed by atoms with van der Waals surface area (Å²) >= 11 is 0. The molecule has 1 fully saturated rings. The van der Waals surface area contributed by atoms with Gasteiger partial charge in [0.2, 0.25) is 0 Å². The van der Waals surface area contributed by atoms with Crippen molar-refractivity contribution < 1.29 is 10.2 Å². The normalized spacial score (nSPS) is 25.4. The highest BCUT2D eigenvalue weighted by Crippen LogP contribution is 2.30. The van der Waals surface area contributed by atoms with E-state index in [2.05, 4.69) is 29.3 Å². The van der Waals surface area contributed by atoms with Gasteiger partial charge in [-0.15, -0.1) is 0 Å². The molecular formula is C14H22N2O2. The quantitative estimate of drug-likeness (QED) is 0.743. The first-order valence-corrected chi connectivity index (χ1v) is 6.54. The van der Waals surface area contributed by atoms with Crippen LogP contribution in [0.4, 0.5) is 5.69 Å². The summed E-state index contributed by atoms with van der Waals surface area (Å²) in [5, 5.41) is 22.6. The van der Waals surface area contributed by atoms with E-state index in [0.717, 1.165) is 12.1 Å². The average molecular weight is 250 g/mol. The van der Waals surface area contributed by atoms with Crippen LogP contribution in [0.15, 0.2) is 24.3 Å². The third-order valence-electron chi connectivity index (χ3n) is 3.67. The highest BCUT2D eigenvalue weighted by atomic mass is 16.3. The molecule has 3 atom stereocenters. The minimum Gasteiger partial charge on any atom is -0.389 e. The Balaban J connectivity index is 2.28. The molecule has 3 unspecified atom stereocenters. The molecule has 18 heavy (non-hydrogen) atoms. The summed E-state index contributed by atoms with van der Waals surface area (Å²) in [6, 6.07) is 8.49. The molecule has 1 heterocycles. The van der Waals surface area contributed by atoms with Crippen LogP contribution in [0.2, 0.25) is 0 Å². The van der Waals surface area contributed by atoms with Crippen molar-refractivity contribution in [1.29, 1.82) is 0 Å². The average Bonchev–Trinajstić information content (AvgIpc) is 2.72. The summed E-state index contributed by atoms with van der Waals surface area (Å²) in [6.45, 7) is 3.14. The van der Waals surface area contributed by atoms with Crippen molar-refractivity contribution in [3.05, 3.63) is 29.8 Å². The molecule has 0 bridgehead atoms. The first-order chi connectivity index (χ1) is 8.67. The molecule has 4 heteroatoms. The third kappa shape index (κ3) is 2.51. The van der Waals surface area contributed by atoms with Gasteiger partial charge in [0.05, 0.1) is 12.2 Å². The fraction of sp³-hybridized carbons (Fsp3) is 0.571. The summed E-state index contributed by atoms with van der Waals surface area (Å²) in [5.74, 6) is 0. The lowest BCUT2D eigenvalue weighted by molar-refractivity contribution is 0.0572. The molecule has 3 N–H and O–H groups in total. The number of hydrogen-bond acceptors (Lipinski definition) is 4. The zero-order chi connectivity index (χ0) is 13.1. The van der Waals surface area contributed by atoms with Gasteiger partial charge in [-0.05, 0) is 25.1 Å². The maximum Gasteiger partial charge on any atom is 0.0990 e. The number of hydrogen-bond donors (Lipinski definition) is 3. The molecule has 1 aromatic carbocycles. The fourth-order valence-corrected chi connectivity index (χ4v) is 2.62. The number of nitrogens with one attached hydrogen (secondary N) is 1. The summed E-state index contributed by atoms with van der Waals surface area (Å²) < 4.78 is 0. The van der Waals surface area contributed by atoms with E-state index in [9.17, 15) is 10.2 Å². The Morgan fingerprint density at radius 2 is 1.89 bits per heavy atom. The second-order valence-electron chi connectivity index (χ2n) is 4.85. The van der Waals surface area contributed by atoms with Crippen molar-refractivity contribution >= 4 is 5.69 Å². The molecule has 4 nitrogen and oxygen atoms in total. The summed E-state index contributed by atoms with van der Waals surface area (Å²) in [7, 11) is 1.96. The maximum absolute atomic E-state index is 9.67. The number of anilines is 1. The Morgan fingerprint density at radius 1 is 1.28 bits per heavy atom. The van der Waals surface area contributed by atoms with E-state index in [0.29, 0.717) is 19.1 Å². The van der Waals surface area contributed by atoms with Crippen molar-refractivity contribution in [2.45, 2.75) is 31.6 Å². The lowest BCUT2D eigenvalue weighted by Gasteiger charge is -2.25. The number of β-amino-alcohol motifs (C(OH)–C–C–N with tert-alkyl or cyclic N) is 2. The monoisotopic (exact) mass is 250 g/mol. The molecule has 0 aliphatic carbocycles. The van der Waals surface area contributed by atoms with Crippen LogP contribution in [0.25, 0.3) is 0 Å². The zero-order valence-corrected chi connectivity index (χ0v) is 11.0.